The number of nitrogens with zero attached hydrogens (tertiary/aromatic N) is 3. The van der Waals surface area contributed by atoms with Gasteiger partial charge in [0.1, 0.15) is 6.61 Å². The van der Waals surface area contributed by atoms with Crippen LogP contribution in [0.2, 0.25) is 0 Å². The molecule has 0 atom stereocenters. The van der Waals surface area contributed by atoms with Crippen LogP contribution < -0.4 is 11.2 Å². The Labute approximate surface area is 180 Å². The van der Waals surface area contributed by atoms with E-state index in [1.54, 1.807) is 7.05 Å². The monoisotopic (exact) mass is 419 g/mol. The van der Waals surface area contributed by atoms with Gasteiger partial charge in [-0.1, -0.05) is 60.2 Å². The van der Waals surface area contributed by atoms with E-state index in [2.05, 4.69) is 0 Å². The molecule has 0 bridgehead atoms. The van der Waals surface area contributed by atoms with Crippen LogP contribution in [-0.4, -0.2) is 26.7 Å². The largest absolute Gasteiger partial charge is 0.445 e. The second-order valence-corrected chi connectivity index (χ2v) is 7.86. The van der Waals surface area contributed by atoms with E-state index < -0.39 is 6.09 Å². The molecule has 2 aromatic carbocycles. The van der Waals surface area contributed by atoms with Crippen molar-refractivity contribution in [3.63, 3.8) is 0 Å². The first-order valence-corrected chi connectivity index (χ1v) is 10.3. The van der Waals surface area contributed by atoms with E-state index in [9.17, 15) is 14.4 Å². The molecule has 1 aliphatic heterocycles. The number of carbonyl (C=O) groups is 1. The van der Waals surface area contributed by atoms with Gasteiger partial charge in [-0.15, -0.1) is 0 Å². The standard InChI is InChI=1S/C24H25N3O4/c1-17-8-10-19(11-9-17)16-31-24(30)26-13-12-21-20(15-26)22(28)27(23(29)25(21)2)14-18-6-4-3-5-7-18/h3-11H,12-16H2,1-2H3. The van der Waals surface area contributed by atoms with Gasteiger partial charge in [-0.2, -0.15) is 0 Å². The van der Waals surface area contributed by atoms with E-state index >= 15 is 0 Å². The predicted octanol–water partition coefficient (Wildman–Crippen LogP) is 2.60. The summed E-state index contributed by atoms with van der Waals surface area (Å²) < 4.78 is 8.21. The summed E-state index contributed by atoms with van der Waals surface area (Å²) in [6.07, 6.45) is -0.0311. The zero-order valence-corrected chi connectivity index (χ0v) is 17.7. The summed E-state index contributed by atoms with van der Waals surface area (Å²) in [5, 5.41) is 0. The molecule has 3 aromatic rings. The van der Waals surface area contributed by atoms with E-state index in [1.165, 1.54) is 14.0 Å². The molecule has 1 aliphatic rings. The topological polar surface area (TPSA) is 73.5 Å². The average molecular weight is 419 g/mol. The lowest BCUT2D eigenvalue weighted by Crippen LogP contribution is -2.48. The van der Waals surface area contributed by atoms with Crippen LogP contribution >= 0.6 is 0 Å². The van der Waals surface area contributed by atoms with Gasteiger partial charge in [-0.3, -0.25) is 9.36 Å². The Hall–Kier alpha value is -3.61. The summed E-state index contributed by atoms with van der Waals surface area (Å²) in [6.45, 7) is 2.89. The SMILES string of the molecule is Cc1ccc(COC(=O)N2CCc3c(c(=O)n(Cc4ccccc4)c(=O)n3C)C2)cc1. The maximum absolute atomic E-state index is 13.1. The minimum Gasteiger partial charge on any atom is -0.445 e. The van der Waals surface area contributed by atoms with Gasteiger partial charge in [-0.25, -0.2) is 9.59 Å². The van der Waals surface area contributed by atoms with Crippen LogP contribution in [0.25, 0.3) is 0 Å². The Balaban J connectivity index is 1.55. The molecule has 0 fully saturated rings. The van der Waals surface area contributed by atoms with Crippen molar-refractivity contribution in [1.29, 1.82) is 0 Å². The first-order valence-electron chi connectivity index (χ1n) is 10.3. The number of hydrogen-bond acceptors (Lipinski definition) is 4. The minimum atomic E-state index is -0.464. The lowest BCUT2D eigenvalue weighted by molar-refractivity contribution is 0.0909. The zero-order chi connectivity index (χ0) is 22.0. The van der Waals surface area contributed by atoms with Gasteiger partial charge in [0.05, 0.1) is 18.7 Å². The Bertz CT molecular complexity index is 1210. The molecule has 0 radical (unpaired) electrons. The van der Waals surface area contributed by atoms with Gasteiger partial charge in [0.25, 0.3) is 5.56 Å². The highest BCUT2D eigenvalue weighted by Gasteiger charge is 2.27. The highest BCUT2D eigenvalue weighted by molar-refractivity contribution is 5.68. The summed E-state index contributed by atoms with van der Waals surface area (Å²) in [4.78, 5) is 40.1. The van der Waals surface area contributed by atoms with Gasteiger partial charge in [0, 0.05) is 25.7 Å². The Morgan fingerprint density at radius 2 is 1.71 bits per heavy atom. The van der Waals surface area contributed by atoms with Crippen LogP contribution in [0.4, 0.5) is 4.79 Å². The lowest BCUT2D eigenvalue weighted by atomic mass is 10.1. The van der Waals surface area contributed by atoms with Crippen molar-refractivity contribution in [1.82, 2.24) is 14.0 Å². The number of ether oxygens (including phenoxy) is 1. The third kappa shape index (κ3) is 4.30. The van der Waals surface area contributed by atoms with E-state index in [1.807, 2.05) is 61.5 Å². The van der Waals surface area contributed by atoms with Crippen molar-refractivity contribution >= 4 is 6.09 Å². The van der Waals surface area contributed by atoms with Crippen LogP contribution in [0, 0.1) is 6.92 Å². The fourth-order valence-electron chi connectivity index (χ4n) is 3.84. The quantitative estimate of drug-likeness (QED) is 0.652. The van der Waals surface area contributed by atoms with Crippen molar-refractivity contribution in [3.05, 3.63) is 103 Å². The molecule has 4 rings (SSSR count). The summed E-state index contributed by atoms with van der Waals surface area (Å²) in [7, 11) is 1.67. The van der Waals surface area contributed by atoms with Crippen LogP contribution in [0.3, 0.4) is 0 Å². The van der Waals surface area contributed by atoms with E-state index in [4.69, 9.17) is 4.74 Å². The Morgan fingerprint density at radius 3 is 2.42 bits per heavy atom. The molecule has 0 spiro atoms. The summed E-state index contributed by atoms with van der Waals surface area (Å²) in [6, 6.07) is 17.2. The van der Waals surface area contributed by atoms with Crippen LogP contribution in [0.15, 0.2) is 64.2 Å². The van der Waals surface area contributed by atoms with E-state index in [-0.39, 0.29) is 30.9 Å². The average Bonchev–Trinajstić information content (AvgIpc) is 2.80. The number of aryl methyl sites for hydroxylation is 1. The molecule has 7 heteroatoms. The molecular weight excluding hydrogens is 394 g/mol. The molecule has 2 heterocycles. The second kappa shape index (κ2) is 8.63. The number of aromatic nitrogens is 2. The number of hydrogen-bond donors (Lipinski definition) is 0. The Kier molecular flexibility index (Phi) is 5.75. The molecule has 0 unspecified atom stereocenters. The molecule has 0 saturated carbocycles. The number of benzene rings is 2. The first kappa shape index (κ1) is 20.7. The first-order chi connectivity index (χ1) is 14.9. The van der Waals surface area contributed by atoms with E-state index in [0.717, 1.165) is 16.7 Å². The van der Waals surface area contributed by atoms with Crippen LogP contribution in [-0.2, 0) is 37.9 Å². The number of rotatable bonds is 4. The highest BCUT2D eigenvalue weighted by atomic mass is 16.6. The predicted molar refractivity (Wildman–Crippen MR) is 117 cm³/mol. The highest BCUT2D eigenvalue weighted by Crippen LogP contribution is 2.16. The summed E-state index contributed by atoms with van der Waals surface area (Å²) >= 11 is 0. The third-order valence-corrected chi connectivity index (χ3v) is 5.67. The van der Waals surface area contributed by atoms with Gasteiger partial charge < -0.3 is 14.2 Å². The van der Waals surface area contributed by atoms with Crippen molar-refractivity contribution in [3.8, 4) is 0 Å². The van der Waals surface area contributed by atoms with E-state index in [0.29, 0.717) is 24.2 Å². The summed E-state index contributed by atoms with van der Waals surface area (Å²) in [5.74, 6) is 0. The molecule has 31 heavy (non-hydrogen) atoms. The Morgan fingerprint density at radius 1 is 1.00 bits per heavy atom. The van der Waals surface area contributed by atoms with Crippen molar-refractivity contribution < 1.29 is 9.53 Å². The molecule has 0 aliphatic carbocycles. The molecule has 7 nitrogen and oxygen atoms in total. The maximum Gasteiger partial charge on any atom is 0.410 e. The fraction of sp³-hybridized carbons (Fsp3) is 0.292. The van der Waals surface area contributed by atoms with Gasteiger partial charge >= 0.3 is 11.8 Å². The maximum atomic E-state index is 13.1. The number of fused-ring (bicyclic) bond motifs is 1. The lowest BCUT2D eigenvalue weighted by Gasteiger charge is -2.29. The van der Waals surface area contributed by atoms with Gasteiger partial charge in [-0.05, 0) is 18.1 Å². The van der Waals surface area contributed by atoms with Crippen LogP contribution in [0.5, 0.6) is 0 Å². The zero-order valence-electron chi connectivity index (χ0n) is 17.7. The molecule has 1 amide bonds. The van der Waals surface area contributed by atoms with Gasteiger partial charge in [0.15, 0.2) is 0 Å². The van der Waals surface area contributed by atoms with Crippen molar-refractivity contribution in [2.24, 2.45) is 7.05 Å². The number of carbonyl (C=O) groups excluding carboxylic acids is 1. The normalized spacial score (nSPS) is 13.0. The van der Waals surface area contributed by atoms with Gasteiger partial charge in [0.2, 0.25) is 0 Å². The molecule has 0 N–H and O–H groups in total. The second-order valence-electron chi connectivity index (χ2n) is 7.86. The fourth-order valence-corrected chi connectivity index (χ4v) is 3.84. The summed E-state index contributed by atoms with van der Waals surface area (Å²) in [5.41, 5.74) is 3.37. The molecule has 160 valence electrons. The van der Waals surface area contributed by atoms with Crippen molar-refractivity contribution in [2.75, 3.05) is 6.54 Å². The van der Waals surface area contributed by atoms with Crippen LogP contribution in [0.1, 0.15) is 27.9 Å². The molecule has 0 saturated heterocycles. The smallest absolute Gasteiger partial charge is 0.410 e. The van der Waals surface area contributed by atoms with Crippen molar-refractivity contribution in [2.45, 2.75) is 33.0 Å². The third-order valence-electron chi connectivity index (χ3n) is 5.67. The molecular formula is C24H25N3O4. The minimum absolute atomic E-state index is 0.129. The molecule has 1 aromatic heterocycles. The number of amides is 1.